The van der Waals surface area contributed by atoms with Gasteiger partial charge in [-0.05, 0) is 160 Å². The van der Waals surface area contributed by atoms with E-state index in [9.17, 15) is 29.3 Å². The highest BCUT2D eigenvalue weighted by atomic mass is 19.1. The van der Waals surface area contributed by atoms with Crippen molar-refractivity contribution < 1.29 is 34.0 Å². The van der Waals surface area contributed by atoms with Crippen molar-refractivity contribution in [2.24, 2.45) is 11.7 Å². The minimum absolute atomic E-state index is 0.00319. The van der Waals surface area contributed by atoms with Crippen LogP contribution in [-0.4, -0.2) is 234 Å². The van der Waals surface area contributed by atoms with Crippen LogP contribution >= 0.6 is 0 Å². The van der Waals surface area contributed by atoms with E-state index in [1.165, 1.54) is 10.7 Å². The number of aromatic nitrogens is 35. The van der Waals surface area contributed by atoms with E-state index in [1.807, 2.05) is 216 Å². The van der Waals surface area contributed by atoms with Crippen molar-refractivity contribution in [3.8, 4) is 56.9 Å². The van der Waals surface area contributed by atoms with Gasteiger partial charge in [0.15, 0.2) is 5.78 Å². The Kier molecular flexibility index (Phi) is 28.5. The van der Waals surface area contributed by atoms with Crippen LogP contribution in [0.1, 0.15) is 124 Å². The zero-order valence-electron chi connectivity index (χ0n) is 81.7. The maximum atomic E-state index is 13.9. The molecule has 1 fully saturated rings. The summed E-state index contributed by atoms with van der Waals surface area (Å²) in [4.78, 5) is 67.0. The van der Waals surface area contributed by atoms with Crippen molar-refractivity contribution in [2.75, 3.05) is 61.7 Å². The summed E-state index contributed by atoms with van der Waals surface area (Å²) in [6, 6.07) is 35.4. The van der Waals surface area contributed by atoms with Gasteiger partial charge in [-0.3, -0.25) is 33.0 Å². The summed E-state index contributed by atoms with van der Waals surface area (Å²) < 4.78 is 36.1. The molecular formula is C97H108FN41O6. The summed E-state index contributed by atoms with van der Waals surface area (Å²) in [6.45, 7) is 26.6. The minimum atomic E-state index is -0.515. The Morgan fingerprint density at radius 2 is 0.697 bits per heavy atom. The van der Waals surface area contributed by atoms with E-state index in [1.54, 1.807) is 80.6 Å². The van der Waals surface area contributed by atoms with Crippen molar-refractivity contribution in [1.82, 2.24) is 174 Å². The summed E-state index contributed by atoms with van der Waals surface area (Å²) in [5.74, 6) is 0.541. The average Bonchev–Trinajstić information content (AvgIpc) is 1.10. The number of ketones is 1. The molecule has 2 atom stereocenters. The Hall–Kier alpha value is -17.5. The lowest BCUT2D eigenvalue weighted by Gasteiger charge is -2.22. The van der Waals surface area contributed by atoms with Crippen molar-refractivity contribution >= 4 is 95.9 Å². The molecule has 145 heavy (non-hydrogen) atoms. The van der Waals surface area contributed by atoms with Gasteiger partial charge in [0, 0.05) is 83.1 Å². The number of anilines is 5. The third kappa shape index (κ3) is 22.4. The van der Waals surface area contributed by atoms with Crippen LogP contribution in [0, 0.1) is 46.4 Å². The number of Topliss-reactive ketones (excluding diaryl/α,β-unsaturated/α-hetero) is 1. The molecule has 15 N–H and O–H groups in total. The van der Waals surface area contributed by atoms with Crippen LogP contribution in [0.2, 0.25) is 0 Å². The number of aliphatic hydroxyl groups excluding tert-OH is 3. The zero-order valence-corrected chi connectivity index (χ0v) is 81.7. The number of carbonyl (C=O) groups excluding carboxylic acids is 2. The number of aliphatic hydroxyl groups is 3. The topological polar surface area (TPSA) is 632 Å². The lowest BCUT2D eigenvalue weighted by atomic mass is 10.0. The molecule has 1 aliphatic rings. The number of para-hydroxylation sites is 4. The molecule has 744 valence electrons. The second-order valence-corrected chi connectivity index (χ2v) is 37.1. The van der Waals surface area contributed by atoms with Crippen LogP contribution in [0.4, 0.5) is 34.1 Å². The minimum Gasteiger partial charge on any atom is -0.394 e. The number of aryl methyl sites for hydroxylation is 5. The summed E-state index contributed by atoms with van der Waals surface area (Å²) in [6.07, 6.45) is 19.5. The van der Waals surface area contributed by atoms with Crippen LogP contribution in [0.25, 0.3) is 111 Å². The molecule has 0 saturated carbocycles. The molecule has 1 amide bonds. The van der Waals surface area contributed by atoms with E-state index in [2.05, 4.69) is 127 Å². The number of rotatable bonds is 27. The number of fused-ring (bicyclic) bond motifs is 5. The quantitative estimate of drug-likeness (QED) is 0.0233. The Morgan fingerprint density at radius 3 is 1.01 bits per heavy atom. The first-order valence-corrected chi connectivity index (χ1v) is 46.3. The molecule has 20 aromatic rings. The fraction of sp³-hybridized carbons (Fsp3) is 0.309. The zero-order chi connectivity index (χ0) is 102. The van der Waals surface area contributed by atoms with Crippen LogP contribution in [0.15, 0.2) is 177 Å². The van der Waals surface area contributed by atoms with Gasteiger partial charge in [0.05, 0.1) is 163 Å². The standard InChI is InChI=1S/C22H24N8O2.C19H21FN8O.2C19H22N8O.C18H19N9O/c1-14-3-2-4-18-20(14)24-22(23)25-21(18)19-12-30(28-26-19)10-16-5-7-29(27-16)11-17(31)9-15-6-8-32-13-15;1-11-14(20)5-4-13-16(11)22-18(21)23-17(13)15-9-27(26-24-15)8-12-6-7-28(25-12)19(2,3)10-29;2*1-12-5-4-6-14-16(12)21-18(20)22-17(14)15-10-26(25-23-15)9-13-7-8-27(24-13)19(2,3)11-28;1-10-4-3-5-13-15(10)21-18(20)22-16(13)14-9-26(25-23-14)8-12-6-7-27(24-12)11(2)17(19)28/h2-5,7,12,15H,6,8-11,13H2,1H3,(H2,23,24,25);4-7,9,29H,8,10H2,1-3H3,(H2,21,22,23);2*4-8,10,28H,9,11H2,1-3H3,(H2,20,21,22);3-7,9,11H,8H2,1-2H3,(H2,19,28)(H2,20,21,22)/t15-;;;;/m0..../s1. The van der Waals surface area contributed by atoms with Crippen molar-refractivity contribution in [1.29, 1.82) is 0 Å². The normalized spacial score (nSPS) is 13.0. The highest BCUT2D eigenvalue weighted by Crippen LogP contribution is 2.35. The molecule has 15 aromatic heterocycles. The molecule has 0 spiro atoms. The number of carbonyl (C=O) groups is 2. The number of hydrogen-bond acceptors (Lipinski definition) is 36. The maximum absolute atomic E-state index is 13.9. The predicted molar refractivity (Wildman–Crippen MR) is 537 cm³/mol. The third-order valence-corrected chi connectivity index (χ3v) is 24.4. The monoisotopic (exact) mass is 1960 g/mol. The Balaban J connectivity index is 0.000000124. The van der Waals surface area contributed by atoms with Gasteiger partial charge in [0.1, 0.15) is 68.8 Å². The molecule has 47 nitrogen and oxygen atoms in total. The third-order valence-electron chi connectivity index (χ3n) is 24.4. The number of hydrogen-bond donors (Lipinski definition) is 9. The smallest absolute Gasteiger partial charge is 0.241 e. The number of benzene rings is 5. The molecule has 1 saturated heterocycles. The van der Waals surface area contributed by atoms with E-state index in [-0.39, 0.29) is 67.7 Å². The number of primary amides is 1. The molecule has 16 heterocycles. The van der Waals surface area contributed by atoms with Gasteiger partial charge in [0.25, 0.3) is 0 Å². The predicted octanol–water partition coefficient (Wildman–Crippen LogP) is 8.48. The van der Waals surface area contributed by atoms with E-state index in [4.69, 9.17) is 39.1 Å². The fourth-order valence-electron chi connectivity index (χ4n) is 16.1. The van der Waals surface area contributed by atoms with E-state index in [0.717, 1.165) is 107 Å². The Morgan fingerprint density at radius 1 is 0.393 bits per heavy atom. The first-order chi connectivity index (χ1) is 69.5. The number of halogens is 1. The molecule has 0 radical (unpaired) electrons. The Labute approximate surface area is 827 Å². The second kappa shape index (κ2) is 41.7. The van der Waals surface area contributed by atoms with Crippen molar-refractivity contribution in [2.45, 2.75) is 158 Å². The van der Waals surface area contributed by atoms with Crippen molar-refractivity contribution in [3.63, 3.8) is 0 Å². The highest BCUT2D eigenvalue weighted by Gasteiger charge is 2.28. The summed E-state index contributed by atoms with van der Waals surface area (Å²) in [5.41, 5.74) is 51.5. The van der Waals surface area contributed by atoms with Gasteiger partial charge in [-0.2, -0.15) is 25.5 Å². The molecule has 1 aliphatic heterocycles. The second-order valence-electron chi connectivity index (χ2n) is 37.1. The van der Waals surface area contributed by atoms with Crippen LogP contribution in [0.5, 0.6) is 0 Å². The lowest BCUT2D eigenvalue weighted by molar-refractivity contribution is -0.121. The SMILES string of the molecule is Cc1c(F)ccc2c(-c3cn(Cc4ccn(C(C)(C)CO)n4)nn3)nc(N)nc12.Cc1cccc2c(-c3cn(Cc4ccn(C(C)(C)CO)n4)nn3)nc(N)nc12.Cc1cccc2c(-c3cn(Cc4ccn(C(C)(C)CO)n4)nn3)nc(N)nc12.Cc1cccc2c(-c3cn(Cc4ccn(C(C)C(N)=O)n4)nn3)nc(N)nc12.Cc1cccc2c(-c3cn(Cc4ccn(CC(=O)C[C@@H]5CCOC5)n4)nn3)nc(N)nc12. The highest BCUT2D eigenvalue weighted by molar-refractivity contribution is 5.98. The first kappa shape index (κ1) is 99.0. The maximum Gasteiger partial charge on any atom is 0.241 e. The molecule has 0 aliphatic carbocycles. The number of nitrogens with two attached hydrogens (primary N) is 6. The molecule has 48 heteroatoms. The summed E-state index contributed by atoms with van der Waals surface area (Å²) in [5, 5.41) is 97.2. The molecular weight excluding hydrogens is 1850 g/mol. The molecule has 1 unspecified atom stereocenters. The van der Waals surface area contributed by atoms with Crippen molar-refractivity contribution in [3.05, 3.63) is 239 Å². The summed E-state index contributed by atoms with van der Waals surface area (Å²) >= 11 is 0. The van der Waals surface area contributed by atoms with Crippen LogP contribution < -0.4 is 34.4 Å². The summed E-state index contributed by atoms with van der Waals surface area (Å²) in [7, 11) is 0. The van der Waals surface area contributed by atoms with E-state index in [0.29, 0.717) is 125 Å². The average molecular weight is 1960 g/mol. The Bertz CT molecular complexity index is 7920. The van der Waals surface area contributed by atoms with Gasteiger partial charge >= 0.3 is 0 Å². The van der Waals surface area contributed by atoms with Crippen LogP contribution in [-0.2, 0) is 70.2 Å². The van der Waals surface area contributed by atoms with Gasteiger partial charge < -0.3 is 54.5 Å². The molecule has 0 bridgehead atoms. The number of amides is 1. The number of ether oxygens (including phenoxy) is 1. The molecule has 21 rings (SSSR count). The van der Waals surface area contributed by atoms with Gasteiger partial charge in [0.2, 0.25) is 35.6 Å². The lowest BCUT2D eigenvalue weighted by Crippen LogP contribution is -2.31. The largest absolute Gasteiger partial charge is 0.394 e. The first-order valence-electron chi connectivity index (χ1n) is 46.3. The number of nitrogens with zero attached hydrogens (tertiary/aromatic N) is 35. The van der Waals surface area contributed by atoms with Gasteiger partial charge in [-0.25, -0.2) is 77.6 Å². The fourth-order valence-corrected chi connectivity index (χ4v) is 16.1. The van der Waals surface area contributed by atoms with Gasteiger partial charge in [-0.1, -0.05) is 98.9 Å². The van der Waals surface area contributed by atoms with E-state index < -0.39 is 28.6 Å². The van der Waals surface area contributed by atoms with Gasteiger partial charge in [-0.15, -0.1) is 25.5 Å². The molecule has 5 aromatic carbocycles. The van der Waals surface area contributed by atoms with E-state index >= 15 is 0 Å². The van der Waals surface area contributed by atoms with Crippen LogP contribution in [0.3, 0.4) is 0 Å². The number of nitrogen functional groups attached to an aromatic ring is 5.